The Labute approximate surface area is 87.6 Å². The van der Waals surface area contributed by atoms with Crippen LogP contribution in [-0.4, -0.2) is 67.0 Å². The molecule has 0 spiro atoms. The monoisotopic (exact) mass is 217 g/mol. The zero-order chi connectivity index (χ0) is 11.3. The zero-order valence-electron chi connectivity index (χ0n) is 8.60. The van der Waals surface area contributed by atoms with Crippen LogP contribution in [0, 0.1) is 0 Å². The Balaban J connectivity index is 2.33. The molecule has 86 valence electrons. The van der Waals surface area contributed by atoms with Gasteiger partial charge in [-0.2, -0.15) is 0 Å². The van der Waals surface area contributed by atoms with E-state index < -0.39 is 12.0 Å². The molecule has 0 aromatic carbocycles. The predicted octanol–water partition coefficient (Wildman–Crippen LogP) is -1.04. The highest BCUT2D eigenvalue weighted by Crippen LogP contribution is 2.00. The standard InChI is InChI=1S/C8H15N3O4/c1-10(8(14)9-6-7(12)13)11-2-4-15-5-3-11/h2-6H2,1H3,(H,9,14)(H,12,13). The third-order valence-electron chi connectivity index (χ3n) is 2.10. The fourth-order valence-electron chi connectivity index (χ4n) is 1.25. The number of urea groups is 1. The van der Waals surface area contributed by atoms with Crippen LogP contribution in [-0.2, 0) is 9.53 Å². The van der Waals surface area contributed by atoms with Crippen LogP contribution in [0.5, 0.6) is 0 Å². The molecule has 15 heavy (non-hydrogen) atoms. The maximum Gasteiger partial charge on any atom is 0.332 e. The summed E-state index contributed by atoms with van der Waals surface area (Å²) in [6, 6.07) is -0.417. The quantitative estimate of drug-likeness (QED) is 0.631. The summed E-state index contributed by atoms with van der Waals surface area (Å²) in [6.45, 7) is 2.06. The summed E-state index contributed by atoms with van der Waals surface area (Å²) in [5, 5.41) is 13.9. The molecule has 1 aliphatic rings. The average molecular weight is 217 g/mol. The van der Waals surface area contributed by atoms with Crippen molar-refractivity contribution in [3.63, 3.8) is 0 Å². The van der Waals surface area contributed by atoms with E-state index in [0.717, 1.165) is 0 Å². The second kappa shape index (κ2) is 5.52. The Morgan fingerprint density at radius 2 is 2.07 bits per heavy atom. The van der Waals surface area contributed by atoms with Gasteiger partial charge in [-0.05, 0) is 0 Å². The van der Waals surface area contributed by atoms with Crippen molar-refractivity contribution in [2.45, 2.75) is 0 Å². The molecule has 2 amide bonds. The van der Waals surface area contributed by atoms with E-state index in [9.17, 15) is 9.59 Å². The van der Waals surface area contributed by atoms with Gasteiger partial charge in [0.1, 0.15) is 6.54 Å². The molecular formula is C8H15N3O4. The second-order valence-electron chi connectivity index (χ2n) is 3.14. The normalized spacial score (nSPS) is 17.1. The number of carbonyl (C=O) groups excluding carboxylic acids is 1. The number of carbonyl (C=O) groups is 2. The first-order valence-electron chi connectivity index (χ1n) is 4.67. The number of ether oxygens (including phenoxy) is 1. The fraction of sp³-hybridized carbons (Fsp3) is 0.750. The number of carboxylic acid groups (broad SMARTS) is 1. The number of carboxylic acids is 1. The van der Waals surface area contributed by atoms with Gasteiger partial charge in [0.25, 0.3) is 0 Å². The summed E-state index contributed by atoms with van der Waals surface area (Å²) in [6.07, 6.45) is 0. The van der Waals surface area contributed by atoms with E-state index in [0.29, 0.717) is 26.3 Å². The van der Waals surface area contributed by atoms with Crippen LogP contribution in [0.15, 0.2) is 0 Å². The number of aliphatic carboxylic acids is 1. The van der Waals surface area contributed by atoms with Gasteiger partial charge in [0.2, 0.25) is 0 Å². The number of hydrazine groups is 1. The Hall–Kier alpha value is -1.34. The van der Waals surface area contributed by atoms with E-state index >= 15 is 0 Å². The topological polar surface area (TPSA) is 82.1 Å². The highest BCUT2D eigenvalue weighted by molar-refractivity contribution is 5.79. The van der Waals surface area contributed by atoms with Gasteiger partial charge in [0, 0.05) is 20.1 Å². The Bertz CT molecular complexity index is 240. The fourth-order valence-corrected chi connectivity index (χ4v) is 1.25. The molecule has 1 rings (SSSR count). The largest absolute Gasteiger partial charge is 0.480 e. The molecule has 1 fully saturated rings. The van der Waals surface area contributed by atoms with E-state index in [1.165, 1.54) is 5.01 Å². The number of nitrogens with one attached hydrogen (secondary N) is 1. The molecule has 7 heteroatoms. The van der Waals surface area contributed by atoms with Crippen molar-refractivity contribution in [1.29, 1.82) is 0 Å². The van der Waals surface area contributed by atoms with Crippen molar-refractivity contribution in [2.24, 2.45) is 0 Å². The van der Waals surface area contributed by atoms with Crippen LogP contribution in [0.1, 0.15) is 0 Å². The van der Waals surface area contributed by atoms with Gasteiger partial charge >= 0.3 is 12.0 Å². The Kier molecular flexibility index (Phi) is 4.32. The molecule has 0 saturated carbocycles. The number of hydrogen-bond acceptors (Lipinski definition) is 4. The Morgan fingerprint density at radius 1 is 1.47 bits per heavy atom. The summed E-state index contributed by atoms with van der Waals surface area (Å²) < 4.78 is 5.13. The molecule has 1 aliphatic heterocycles. The minimum Gasteiger partial charge on any atom is -0.480 e. The van der Waals surface area contributed by atoms with Gasteiger partial charge < -0.3 is 15.2 Å². The van der Waals surface area contributed by atoms with E-state index in [4.69, 9.17) is 9.84 Å². The molecule has 2 N–H and O–H groups in total. The van der Waals surface area contributed by atoms with Crippen molar-refractivity contribution < 1.29 is 19.4 Å². The van der Waals surface area contributed by atoms with Crippen molar-refractivity contribution >= 4 is 12.0 Å². The van der Waals surface area contributed by atoms with E-state index in [2.05, 4.69) is 5.32 Å². The second-order valence-corrected chi connectivity index (χ2v) is 3.14. The maximum absolute atomic E-state index is 11.4. The van der Waals surface area contributed by atoms with Gasteiger partial charge in [0.15, 0.2) is 0 Å². The number of rotatable bonds is 3. The molecule has 1 heterocycles. The molecule has 0 aliphatic carbocycles. The summed E-state index contributed by atoms with van der Waals surface area (Å²) in [7, 11) is 1.60. The lowest BCUT2D eigenvalue weighted by Crippen LogP contribution is -2.53. The number of morpholine rings is 1. The van der Waals surface area contributed by atoms with Crippen molar-refractivity contribution in [1.82, 2.24) is 15.3 Å². The molecule has 0 aromatic rings. The highest BCUT2D eigenvalue weighted by Gasteiger charge is 2.19. The number of amides is 2. The zero-order valence-corrected chi connectivity index (χ0v) is 8.60. The smallest absolute Gasteiger partial charge is 0.332 e. The molecule has 0 bridgehead atoms. The Morgan fingerprint density at radius 3 is 2.60 bits per heavy atom. The third-order valence-corrected chi connectivity index (χ3v) is 2.10. The molecule has 0 unspecified atom stereocenters. The molecule has 0 radical (unpaired) electrons. The van der Waals surface area contributed by atoms with E-state index in [-0.39, 0.29) is 6.54 Å². The average Bonchev–Trinajstić information content (AvgIpc) is 2.26. The molecule has 1 saturated heterocycles. The van der Waals surface area contributed by atoms with Crippen LogP contribution >= 0.6 is 0 Å². The predicted molar refractivity (Wildman–Crippen MR) is 51.2 cm³/mol. The van der Waals surface area contributed by atoms with Crippen LogP contribution in [0.2, 0.25) is 0 Å². The molecule has 0 atom stereocenters. The van der Waals surface area contributed by atoms with Crippen LogP contribution in [0.25, 0.3) is 0 Å². The minimum atomic E-state index is -1.06. The summed E-state index contributed by atoms with van der Waals surface area (Å²) in [4.78, 5) is 21.7. The lowest BCUT2D eigenvalue weighted by Gasteiger charge is -2.34. The summed E-state index contributed by atoms with van der Waals surface area (Å²) in [5.74, 6) is -1.06. The first-order valence-corrected chi connectivity index (χ1v) is 4.67. The van der Waals surface area contributed by atoms with Gasteiger partial charge in [-0.1, -0.05) is 0 Å². The minimum absolute atomic E-state index is 0.368. The molecular weight excluding hydrogens is 202 g/mol. The summed E-state index contributed by atoms with van der Waals surface area (Å²) >= 11 is 0. The SMILES string of the molecule is CN(C(=O)NCC(=O)O)N1CCOCC1. The summed E-state index contributed by atoms with van der Waals surface area (Å²) in [5.41, 5.74) is 0. The van der Waals surface area contributed by atoms with Gasteiger partial charge in [-0.3, -0.25) is 9.80 Å². The van der Waals surface area contributed by atoms with Crippen LogP contribution < -0.4 is 5.32 Å². The van der Waals surface area contributed by atoms with E-state index in [1.807, 2.05) is 0 Å². The van der Waals surface area contributed by atoms with Crippen LogP contribution in [0.4, 0.5) is 4.79 Å². The molecule has 0 aromatic heterocycles. The van der Waals surface area contributed by atoms with Gasteiger partial charge in [-0.25, -0.2) is 9.80 Å². The van der Waals surface area contributed by atoms with Crippen molar-refractivity contribution in [2.75, 3.05) is 39.9 Å². The third kappa shape index (κ3) is 3.72. The first-order chi connectivity index (χ1) is 7.11. The van der Waals surface area contributed by atoms with Gasteiger partial charge in [0.05, 0.1) is 13.2 Å². The van der Waals surface area contributed by atoms with Crippen molar-refractivity contribution in [3.8, 4) is 0 Å². The highest BCUT2D eigenvalue weighted by atomic mass is 16.5. The maximum atomic E-state index is 11.4. The lowest BCUT2D eigenvalue weighted by atomic mass is 10.5. The molecule has 7 nitrogen and oxygen atoms in total. The lowest BCUT2D eigenvalue weighted by molar-refractivity contribution is -0.135. The van der Waals surface area contributed by atoms with Gasteiger partial charge in [-0.15, -0.1) is 0 Å². The first kappa shape index (κ1) is 11.7. The van der Waals surface area contributed by atoms with Crippen molar-refractivity contribution in [3.05, 3.63) is 0 Å². The van der Waals surface area contributed by atoms with Crippen LogP contribution in [0.3, 0.4) is 0 Å². The van der Waals surface area contributed by atoms with E-state index in [1.54, 1.807) is 12.1 Å². The number of nitrogens with zero attached hydrogens (tertiary/aromatic N) is 2. The number of hydrogen-bond donors (Lipinski definition) is 2.